The van der Waals surface area contributed by atoms with Gasteiger partial charge in [0.1, 0.15) is 5.56 Å². The maximum Gasteiger partial charge on any atom is 0.341 e. The first-order chi connectivity index (χ1) is 10.0. The molecule has 1 fully saturated rings. The summed E-state index contributed by atoms with van der Waals surface area (Å²) in [5.74, 6) is -0.641. The molecule has 0 amide bonds. The highest BCUT2D eigenvalue weighted by molar-refractivity contribution is 5.88. The van der Waals surface area contributed by atoms with Crippen LogP contribution in [0.4, 0.5) is 0 Å². The highest BCUT2D eigenvalue weighted by atomic mass is 16.5. The van der Waals surface area contributed by atoms with Crippen molar-refractivity contribution in [3.05, 3.63) is 33.2 Å². The lowest BCUT2D eigenvalue weighted by atomic mass is 9.97. The molecule has 5 heteroatoms. The van der Waals surface area contributed by atoms with Crippen LogP contribution >= 0.6 is 0 Å². The lowest BCUT2D eigenvalue weighted by molar-refractivity contribution is 0.0692. The van der Waals surface area contributed by atoms with E-state index in [1.807, 2.05) is 11.5 Å². The zero-order chi connectivity index (χ0) is 15.4. The summed E-state index contributed by atoms with van der Waals surface area (Å²) in [7, 11) is 1.62. The van der Waals surface area contributed by atoms with Crippen molar-refractivity contribution < 1.29 is 14.6 Å². The Labute approximate surface area is 124 Å². The molecule has 0 unspecified atom stereocenters. The van der Waals surface area contributed by atoms with E-state index in [0.717, 1.165) is 18.5 Å². The number of aromatic nitrogens is 1. The van der Waals surface area contributed by atoms with Crippen LogP contribution in [-0.2, 0) is 17.7 Å². The Morgan fingerprint density at radius 1 is 1.43 bits per heavy atom. The van der Waals surface area contributed by atoms with Gasteiger partial charge in [0.05, 0.1) is 6.61 Å². The zero-order valence-electron chi connectivity index (χ0n) is 12.7. The number of carboxylic acid groups (broad SMARTS) is 1. The van der Waals surface area contributed by atoms with E-state index in [-0.39, 0.29) is 11.0 Å². The third-order valence-electron chi connectivity index (χ3n) is 4.32. The maximum atomic E-state index is 12.1. The van der Waals surface area contributed by atoms with Crippen LogP contribution in [0, 0.1) is 12.8 Å². The molecular formula is C16H23NO4. The van der Waals surface area contributed by atoms with Crippen LogP contribution in [0.2, 0.25) is 0 Å². The van der Waals surface area contributed by atoms with Gasteiger partial charge < -0.3 is 14.4 Å². The van der Waals surface area contributed by atoms with Crippen molar-refractivity contribution >= 4 is 5.97 Å². The number of methoxy groups -OCH3 is 1. The van der Waals surface area contributed by atoms with Crippen molar-refractivity contribution in [3.63, 3.8) is 0 Å². The van der Waals surface area contributed by atoms with E-state index >= 15 is 0 Å². The van der Waals surface area contributed by atoms with Crippen molar-refractivity contribution in [2.24, 2.45) is 5.92 Å². The van der Waals surface area contributed by atoms with E-state index in [9.17, 15) is 14.7 Å². The molecule has 1 aliphatic rings. The molecule has 0 radical (unpaired) electrons. The van der Waals surface area contributed by atoms with Crippen molar-refractivity contribution in [3.8, 4) is 0 Å². The van der Waals surface area contributed by atoms with Crippen LogP contribution in [0.5, 0.6) is 0 Å². The number of rotatable bonds is 6. The molecule has 0 spiro atoms. The molecule has 0 saturated heterocycles. The number of pyridine rings is 1. The number of ether oxygens (including phenoxy) is 1. The molecule has 21 heavy (non-hydrogen) atoms. The molecule has 0 bridgehead atoms. The van der Waals surface area contributed by atoms with Gasteiger partial charge in [0.2, 0.25) is 0 Å². The molecule has 1 saturated carbocycles. The first-order valence-corrected chi connectivity index (χ1v) is 7.50. The lowest BCUT2D eigenvalue weighted by Crippen LogP contribution is -2.27. The number of carboxylic acids is 1. The Bertz CT molecular complexity index is 570. The van der Waals surface area contributed by atoms with Crippen LogP contribution in [0.15, 0.2) is 10.9 Å². The van der Waals surface area contributed by atoms with Crippen LogP contribution in [0.1, 0.15) is 47.4 Å². The molecule has 1 aromatic heterocycles. The summed E-state index contributed by atoms with van der Waals surface area (Å²) < 4.78 is 7.05. The fourth-order valence-electron chi connectivity index (χ4n) is 3.25. The van der Waals surface area contributed by atoms with Crippen LogP contribution < -0.4 is 5.43 Å². The molecule has 2 rings (SSSR count). The third kappa shape index (κ3) is 3.53. The Balaban J connectivity index is 2.47. The summed E-state index contributed by atoms with van der Waals surface area (Å²) >= 11 is 0. The number of nitrogens with zero attached hydrogens (tertiary/aromatic N) is 1. The second-order valence-electron chi connectivity index (χ2n) is 5.78. The molecule has 0 aromatic carbocycles. The fraction of sp³-hybridized carbons (Fsp3) is 0.625. The standard InChI is InChI=1S/C16H23NO4/c1-11-9-14(18)15(16(19)20)13(17(11)7-8-21-2)10-12-5-3-4-6-12/h9,12H,3-8,10H2,1-2H3,(H,19,20). The van der Waals surface area contributed by atoms with Crippen LogP contribution in [0.25, 0.3) is 0 Å². The van der Waals surface area contributed by atoms with Gasteiger partial charge in [0, 0.05) is 31.1 Å². The molecule has 1 N–H and O–H groups in total. The van der Waals surface area contributed by atoms with Gasteiger partial charge in [-0.05, 0) is 19.3 Å². The molecule has 0 atom stereocenters. The largest absolute Gasteiger partial charge is 0.477 e. The van der Waals surface area contributed by atoms with Crippen LogP contribution in [-0.4, -0.2) is 29.4 Å². The summed E-state index contributed by atoms with van der Waals surface area (Å²) in [6.45, 7) is 2.92. The Hall–Kier alpha value is -1.62. The second kappa shape index (κ2) is 6.89. The van der Waals surface area contributed by atoms with E-state index < -0.39 is 5.97 Å². The Kier molecular flexibility index (Phi) is 5.17. The maximum absolute atomic E-state index is 12.1. The molecule has 116 valence electrons. The summed E-state index contributed by atoms with van der Waals surface area (Å²) in [4.78, 5) is 23.6. The van der Waals surface area contributed by atoms with E-state index in [1.165, 1.54) is 18.9 Å². The molecule has 0 aliphatic heterocycles. The predicted octanol–water partition coefficient (Wildman–Crippen LogP) is 2.23. The number of carbonyl (C=O) groups is 1. The monoisotopic (exact) mass is 293 g/mol. The average Bonchev–Trinajstić information content (AvgIpc) is 2.90. The SMILES string of the molecule is COCCn1c(C)cc(=O)c(C(=O)O)c1CC1CCCC1. The minimum atomic E-state index is -1.13. The molecule has 1 aliphatic carbocycles. The van der Waals surface area contributed by atoms with E-state index in [2.05, 4.69) is 0 Å². The van der Waals surface area contributed by atoms with Gasteiger partial charge in [-0.1, -0.05) is 25.7 Å². The van der Waals surface area contributed by atoms with E-state index in [1.54, 1.807) is 7.11 Å². The molecular weight excluding hydrogens is 270 g/mol. The van der Waals surface area contributed by atoms with Crippen molar-refractivity contribution in [2.45, 2.75) is 45.6 Å². The van der Waals surface area contributed by atoms with Crippen molar-refractivity contribution in [2.75, 3.05) is 13.7 Å². The molecule has 1 aromatic rings. The summed E-state index contributed by atoms with van der Waals surface area (Å²) in [5, 5.41) is 9.42. The van der Waals surface area contributed by atoms with Gasteiger partial charge in [0.15, 0.2) is 5.43 Å². The predicted molar refractivity (Wildman–Crippen MR) is 79.9 cm³/mol. The van der Waals surface area contributed by atoms with Gasteiger partial charge in [-0.2, -0.15) is 0 Å². The van der Waals surface area contributed by atoms with Gasteiger partial charge >= 0.3 is 5.97 Å². The van der Waals surface area contributed by atoms with E-state index in [4.69, 9.17) is 4.74 Å². The average molecular weight is 293 g/mol. The van der Waals surface area contributed by atoms with Gasteiger partial charge in [-0.15, -0.1) is 0 Å². The first-order valence-electron chi connectivity index (χ1n) is 7.50. The smallest absolute Gasteiger partial charge is 0.341 e. The molecule has 5 nitrogen and oxygen atoms in total. The summed E-state index contributed by atoms with van der Waals surface area (Å²) in [6.07, 6.45) is 5.29. The number of aromatic carboxylic acids is 1. The topological polar surface area (TPSA) is 68.5 Å². The van der Waals surface area contributed by atoms with Gasteiger partial charge in [-0.3, -0.25) is 4.79 Å². The minimum absolute atomic E-state index is 0.0661. The highest BCUT2D eigenvalue weighted by Crippen LogP contribution is 2.29. The zero-order valence-corrected chi connectivity index (χ0v) is 12.7. The van der Waals surface area contributed by atoms with Gasteiger partial charge in [0.25, 0.3) is 0 Å². The summed E-state index contributed by atoms with van der Waals surface area (Å²) in [6, 6.07) is 1.41. The Morgan fingerprint density at radius 2 is 2.10 bits per heavy atom. The highest BCUT2D eigenvalue weighted by Gasteiger charge is 2.24. The van der Waals surface area contributed by atoms with Crippen molar-refractivity contribution in [1.29, 1.82) is 0 Å². The lowest BCUT2D eigenvalue weighted by Gasteiger charge is -2.21. The van der Waals surface area contributed by atoms with E-state index in [0.29, 0.717) is 31.2 Å². The third-order valence-corrected chi connectivity index (χ3v) is 4.32. The van der Waals surface area contributed by atoms with Crippen LogP contribution in [0.3, 0.4) is 0 Å². The number of hydrogen-bond donors (Lipinski definition) is 1. The van der Waals surface area contributed by atoms with Crippen molar-refractivity contribution in [1.82, 2.24) is 4.57 Å². The second-order valence-corrected chi connectivity index (χ2v) is 5.78. The van der Waals surface area contributed by atoms with Gasteiger partial charge in [-0.25, -0.2) is 4.79 Å². The Morgan fingerprint density at radius 3 is 2.67 bits per heavy atom. The minimum Gasteiger partial charge on any atom is -0.477 e. The first kappa shape index (κ1) is 15.8. The number of aryl methyl sites for hydroxylation is 1. The number of hydrogen-bond acceptors (Lipinski definition) is 3. The molecule has 1 heterocycles. The normalized spacial score (nSPS) is 15.5. The quantitative estimate of drug-likeness (QED) is 0.873. The fourth-order valence-corrected chi connectivity index (χ4v) is 3.25. The summed E-state index contributed by atoms with van der Waals surface area (Å²) in [5.41, 5.74) is 1.01.